The Morgan fingerprint density at radius 2 is 1.38 bits per heavy atom. The maximum atomic E-state index is 2.49. The van der Waals surface area contributed by atoms with Gasteiger partial charge in [-0.2, -0.15) is 0 Å². The molecule has 4 fully saturated rings. The van der Waals surface area contributed by atoms with Gasteiger partial charge in [0.25, 0.3) is 0 Å². The summed E-state index contributed by atoms with van der Waals surface area (Å²) in [6.45, 7) is 4.64. The topological polar surface area (TPSA) is 0 Å². The summed E-state index contributed by atoms with van der Waals surface area (Å²) in [5.74, 6) is 2.11. The molecule has 0 heteroatoms. The molecule has 0 saturated heterocycles. The Labute approximate surface area is 162 Å². The van der Waals surface area contributed by atoms with E-state index in [1.807, 2.05) is 0 Å². The maximum absolute atomic E-state index is 2.49. The minimum atomic E-state index is 0.534. The van der Waals surface area contributed by atoms with E-state index in [1.165, 1.54) is 82.6 Å². The third kappa shape index (κ3) is 3.38. The third-order valence-corrected chi connectivity index (χ3v) is 8.82. The van der Waals surface area contributed by atoms with Crippen molar-refractivity contribution in [3.63, 3.8) is 0 Å². The first-order chi connectivity index (χ1) is 12.7. The van der Waals surface area contributed by atoms with Gasteiger partial charge in [0.1, 0.15) is 0 Å². The number of hydrogen-bond acceptors (Lipinski definition) is 0. The van der Waals surface area contributed by atoms with E-state index in [1.54, 1.807) is 18.4 Å². The third-order valence-electron chi connectivity index (χ3n) is 8.82. The Kier molecular flexibility index (Phi) is 5.49. The molecule has 4 aliphatic carbocycles. The smallest absolute Gasteiger partial charge is 0.00463 e. The van der Waals surface area contributed by atoms with Gasteiger partial charge in [-0.3, -0.25) is 0 Å². The first-order valence-electron chi connectivity index (χ1n) is 11.8. The normalized spacial score (nSPS) is 37.0. The second-order valence-electron chi connectivity index (χ2n) is 10.1. The summed E-state index contributed by atoms with van der Waals surface area (Å²) in [7, 11) is 0. The monoisotopic (exact) mass is 352 g/mol. The predicted molar refractivity (Wildman–Crippen MR) is 113 cm³/mol. The maximum Gasteiger partial charge on any atom is -0.00463 e. The Morgan fingerprint density at radius 3 is 1.92 bits per heavy atom. The van der Waals surface area contributed by atoms with Crippen LogP contribution in [0.3, 0.4) is 0 Å². The van der Waals surface area contributed by atoms with E-state index in [-0.39, 0.29) is 0 Å². The van der Waals surface area contributed by atoms with E-state index in [0.717, 1.165) is 17.3 Å². The average Bonchev–Trinajstić information content (AvgIpc) is 2.71. The van der Waals surface area contributed by atoms with Crippen molar-refractivity contribution in [2.45, 2.75) is 109 Å². The molecule has 0 N–H and O–H groups in total. The highest BCUT2D eigenvalue weighted by Crippen LogP contribution is 2.62. The van der Waals surface area contributed by atoms with Crippen molar-refractivity contribution in [3.05, 3.63) is 35.4 Å². The summed E-state index contributed by atoms with van der Waals surface area (Å²) in [6, 6.07) is 9.80. The molecule has 0 radical (unpaired) electrons. The summed E-state index contributed by atoms with van der Waals surface area (Å²) >= 11 is 0. The van der Waals surface area contributed by atoms with Crippen LogP contribution in [0.4, 0.5) is 0 Å². The van der Waals surface area contributed by atoms with Gasteiger partial charge in [-0.15, -0.1) is 0 Å². The zero-order valence-corrected chi connectivity index (χ0v) is 17.4. The van der Waals surface area contributed by atoms with E-state index in [9.17, 15) is 0 Å². The molecule has 0 unspecified atom stereocenters. The molecule has 4 saturated carbocycles. The van der Waals surface area contributed by atoms with Crippen LogP contribution in [0.25, 0.3) is 0 Å². The first kappa shape index (κ1) is 18.6. The average molecular weight is 353 g/mol. The molecule has 144 valence electrons. The van der Waals surface area contributed by atoms with Gasteiger partial charge < -0.3 is 0 Å². The fourth-order valence-electron chi connectivity index (χ4n) is 7.05. The quantitative estimate of drug-likeness (QED) is 0.489. The zero-order valence-electron chi connectivity index (χ0n) is 17.4. The van der Waals surface area contributed by atoms with Gasteiger partial charge in [-0.1, -0.05) is 70.2 Å². The highest BCUT2D eigenvalue weighted by Gasteiger charge is 2.52. The summed E-state index contributed by atoms with van der Waals surface area (Å²) in [5, 5.41) is 0. The second kappa shape index (κ2) is 7.69. The van der Waals surface area contributed by atoms with Crippen molar-refractivity contribution in [2.24, 2.45) is 17.3 Å². The number of benzene rings is 1. The number of fused-ring (bicyclic) bond motifs is 3. The van der Waals surface area contributed by atoms with Crippen molar-refractivity contribution < 1.29 is 0 Å². The van der Waals surface area contributed by atoms with E-state index in [2.05, 4.69) is 38.1 Å². The highest BCUT2D eigenvalue weighted by atomic mass is 14.6. The summed E-state index contributed by atoms with van der Waals surface area (Å²) in [5.41, 5.74) is 4.46. The van der Waals surface area contributed by atoms with E-state index < -0.39 is 0 Å². The van der Waals surface area contributed by atoms with Crippen LogP contribution >= 0.6 is 0 Å². The van der Waals surface area contributed by atoms with Crippen molar-refractivity contribution >= 4 is 0 Å². The van der Waals surface area contributed by atoms with Gasteiger partial charge >= 0.3 is 0 Å². The lowest BCUT2D eigenvalue weighted by molar-refractivity contribution is -0.0294. The predicted octanol–water partition coefficient (Wildman–Crippen LogP) is 7.84. The minimum absolute atomic E-state index is 0.534. The lowest BCUT2D eigenvalue weighted by Crippen LogP contribution is -2.48. The van der Waals surface area contributed by atoms with Crippen molar-refractivity contribution in [1.82, 2.24) is 0 Å². The molecule has 5 rings (SSSR count). The van der Waals surface area contributed by atoms with Crippen LogP contribution in [0.15, 0.2) is 24.3 Å². The standard InChI is InChI=1S/C26H40/c1-3-5-21-7-11-23(12-8-21)25-15-18-26(19-16-25,20-17-25)24-13-9-22(6-4-2)10-14-24/h7-8,11-12,22,24H,3-6,9-10,13-20H2,1-2H3/t22-,24-,25?,26?. The Morgan fingerprint density at radius 1 is 0.769 bits per heavy atom. The molecular weight excluding hydrogens is 312 g/mol. The molecule has 0 nitrogen and oxygen atoms in total. The van der Waals surface area contributed by atoms with Crippen LogP contribution in [-0.2, 0) is 11.8 Å². The lowest BCUT2D eigenvalue weighted by Gasteiger charge is -2.58. The van der Waals surface area contributed by atoms with Crippen LogP contribution in [0.5, 0.6) is 0 Å². The molecule has 0 heterocycles. The molecule has 0 aromatic heterocycles. The van der Waals surface area contributed by atoms with Crippen LogP contribution in [-0.4, -0.2) is 0 Å². The summed E-state index contributed by atoms with van der Waals surface area (Å²) in [6.07, 6.45) is 20.5. The molecule has 1 aromatic carbocycles. The number of hydrogen-bond donors (Lipinski definition) is 0. The molecule has 0 spiro atoms. The van der Waals surface area contributed by atoms with Crippen LogP contribution in [0.1, 0.15) is 108 Å². The van der Waals surface area contributed by atoms with Gasteiger partial charge in [0.2, 0.25) is 0 Å². The van der Waals surface area contributed by atoms with E-state index >= 15 is 0 Å². The van der Waals surface area contributed by atoms with Crippen molar-refractivity contribution in [1.29, 1.82) is 0 Å². The van der Waals surface area contributed by atoms with Crippen molar-refractivity contribution in [2.75, 3.05) is 0 Å². The molecule has 0 aliphatic heterocycles. The Hall–Kier alpha value is -0.780. The fraction of sp³-hybridized carbons (Fsp3) is 0.769. The molecular formula is C26H40. The largest absolute Gasteiger partial charge is 0.0654 e. The molecule has 0 amide bonds. The highest BCUT2D eigenvalue weighted by molar-refractivity contribution is 5.31. The lowest BCUT2D eigenvalue weighted by atomic mass is 9.47. The number of rotatable bonds is 6. The van der Waals surface area contributed by atoms with Crippen molar-refractivity contribution in [3.8, 4) is 0 Å². The van der Waals surface area contributed by atoms with E-state index in [0.29, 0.717) is 5.41 Å². The van der Waals surface area contributed by atoms with Crippen LogP contribution in [0, 0.1) is 17.3 Å². The first-order valence-corrected chi connectivity index (χ1v) is 11.8. The van der Waals surface area contributed by atoms with Gasteiger partial charge in [0.15, 0.2) is 0 Å². The van der Waals surface area contributed by atoms with Crippen LogP contribution in [0.2, 0.25) is 0 Å². The van der Waals surface area contributed by atoms with Gasteiger partial charge in [-0.25, -0.2) is 0 Å². The van der Waals surface area contributed by atoms with Crippen LogP contribution < -0.4 is 0 Å². The molecule has 4 aliphatic rings. The zero-order chi connectivity index (χ0) is 18.0. The Bertz CT molecular complexity index is 548. The number of aryl methyl sites for hydroxylation is 1. The molecule has 0 atom stereocenters. The second-order valence-corrected chi connectivity index (χ2v) is 10.1. The summed E-state index contributed by atoms with van der Waals surface area (Å²) < 4.78 is 0. The molecule has 26 heavy (non-hydrogen) atoms. The molecule has 2 bridgehead atoms. The fourth-order valence-corrected chi connectivity index (χ4v) is 7.05. The van der Waals surface area contributed by atoms with Gasteiger partial charge in [-0.05, 0) is 91.6 Å². The SMILES string of the molecule is CCCc1ccc(C23CCC([C@H]4CC[C@H](CCC)CC4)(CC2)CC3)cc1. The van der Waals surface area contributed by atoms with Gasteiger partial charge in [0.05, 0.1) is 0 Å². The molecule has 1 aromatic rings. The minimum Gasteiger partial charge on any atom is -0.0654 e. The van der Waals surface area contributed by atoms with E-state index in [4.69, 9.17) is 0 Å². The Balaban J connectivity index is 1.40. The van der Waals surface area contributed by atoms with Gasteiger partial charge in [0, 0.05) is 0 Å². The summed E-state index contributed by atoms with van der Waals surface area (Å²) in [4.78, 5) is 0.